The summed E-state index contributed by atoms with van der Waals surface area (Å²) >= 11 is 0. The van der Waals surface area contributed by atoms with E-state index in [4.69, 9.17) is 9.72 Å². The van der Waals surface area contributed by atoms with Gasteiger partial charge in [-0.2, -0.15) is 0 Å². The van der Waals surface area contributed by atoms with Crippen molar-refractivity contribution in [2.24, 2.45) is 0 Å². The van der Waals surface area contributed by atoms with Gasteiger partial charge in [-0.3, -0.25) is 14.7 Å². The molecule has 0 saturated carbocycles. The maximum absolute atomic E-state index is 14.0. The van der Waals surface area contributed by atoms with Gasteiger partial charge >= 0.3 is 5.97 Å². The van der Waals surface area contributed by atoms with Crippen LogP contribution in [0.25, 0.3) is 10.9 Å². The Labute approximate surface area is 208 Å². The quantitative estimate of drug-likeness (QED) is 0.386. The molecular weight excluding hydrogens is 457 g/mol. The third-order valence-corrected chi connectivity index (χ3v) is 6.36. The highest BCUT2D eigenvalue weighted by Gasteiger charge is 2.29. The molecule has 36 heavy (non-hydrogen) atoms. The number of fused-ring (bicyclic) bond motifs is 2. The number of aromatic nitrogens is 1. The van der Waals surface area contributed by atoms with Crippen molar-refractivity contribution < 1.29 is 18.7 Å². The van der Waals surface area contributed by atoms with E-state index >= 15 is 0 Å². The molecule has 1 atom stereocenters. The molecule has 1 N–H and O–H groups in total. The average molecular weight is 484 g/mol. The van der Waals surface area contributed by atoms with Crippen LogP contribution in [-0.2, 0) is 29.0 Å². The molecule has 7 heteroatoms. The van der Waals surface area contributed by atoms with Gasteiger partial charge in [0.1, 0.15) is 5.82 Å². The molecule has 3 aromatic carbocycles. The molecule has 1 aliphatic heterocycles. The van der Waals surface area contributed by atoms with Gasteiger partial charge in [0.05, 0.1) is 16.8 Å². The Kier molecular flexibility index (Phi) is 6.73. The minimum atomic E-state index is -1.12. The molecule has 0 bridgehead atoms. The van der Waals surface area contributed by atoms with Crippen molar-refractivity contribution in [2.45, 2.75) is 32.5 Å². The van der Waals surface area contributed by atoms with Crippen LogP contribution in [0.4, 0.5) is 10.1 Å². The first-order valence-corrected chi connectivity index (χ1v) is 11.9. The van der Waals surface area contributed by atoms with Crippen molar-refractivity contribution in [1.82, 2.24) is 9.88 Å². The number of benzene rings is 3. The van der Waals surface area contributed by atoms with E-state index in [1.165, 1.54) is 30.7 Å². The van der Waals surface area contributed by atoms with Gasteiger partial charge in [-0.15, -0.1) is 0 Å². The molecule has 1 unspecified atom stereocenters. The minimum Gasteiger partial charge on any atom is -0.449 e. The summed E-state index contributed by atoms with van der Waals surface area (Å²) in [6.07, 6.45) is -0.417. The number of nitrogens with zero attached hydrogens (tertiary/aromatic N) is 2. The van der Waals surface area contributed by atoms with Crippen molar-refractivity contribution in [3.8, 4) is 0 Å². The number of carbonyl (C=O) groups is 2. The highest BCUT2D eigenvalue weighted by Crippen LogP contribution is 2.30. The zero-order valence-corrected chi connectivity index (χ0v) is 19.9. The lowest BCUT2D eigenvalue weighted by Gasteiger charge is -2.30. The summed E-state index contributed by atoms with van der Waals surface area (Å²) in [5.41, 5.74) is 4.06. The fraction of sp³-hybridized carbons (Fsp3) is 0.207. The van der Waals surface area contributed by atoms with Crippen molar-refractivity contribution in [2.75, 3.05) is 11.9 Å². The Morgan fingerprint density at radius 1 is 1.03 bits per heavy atom. The van der Waals surface area contributed by atoms with Crippen molar-refractivity contribution >= 4 is 28.5 Å². The highest BCUT2D eigenvalue weighted by atomic mass is 19.1. The molecule has 2 heterocycles. The Morgan fingerprint density at radius 3 is 2.56 bits per heavy atom. The summed E-state index contributed by atoms with van der Waals surface area (Å²) in [5, 5.41) is 3.17. The van der Waals surface area contributed by atoms with Gasteiger partial charge in [0.2, 0.25) is 0 Å². The first kappa shape index (κ1) is 23.6. The number of para-hydroxylation sites is 2. The summed E-state index contributed by atoms with van der Waals surface area (Å²) < 4.78 is 19.6. The topological polar surface area (TPSA) is 71.5 Å². The number of hydrogen-bond acceptors (Lipinski definition) is 5. The van der Waals surface area contributed by atoms with Crippen LogP contribution < -0.4 is 5.32 Å². The second-order valence-corrected chi connectivity index (χ2v) is 8.89. The fourth-order valence-electron chi connectivity index (χ4n) is 4.53. The second kappa shape index (κ2) is 10.3. The van der Waals surface area contributed by atoms with Gasteiger partial charge in [0, 0.05) is 42.7 Å². The molecule has 6 nitrogen and oxygen atoms in total. The zero-order valence-electron chi connectivity index (χ0n) is 19.9. The molecule has 0 saturated heterocycles. The van der Waals surface area contributed by atoms with E-state index in [-0.39, 0.29) is 5.69 Å². The molecule has 1 aromatic heterocycles. The maximum Gasteiger partial charge on any atom is 0.339 e. The molecule has 0 spiro atoms. The summed E-state index contributed by atoms with van der Waals surface area (Å²) in [5.74, 6) is -1.76. The second-order valence-electron chi connectivity index (χ2n) is 8.89. The highest BCUT2D eigenvalue weighted by molar-refractivity contribution is 6.06. The van der Waals surface area contributed by atoms with Crippen molar-refractivity contribution in [3.63, 3.8) is 0 Å². The normalized spacial score (nSPS) is 14.2. The Hall–Kier alpha value is -4.10. The number of ether oxygens (including phenoxy) is 1. The Balaban J connectivity index is 1.42. The van der Waals surface area contributed by atoms with Crippen LogP contribution in [0.3, 0.4) is 0 Å². The molecular formula is C29H26FN3O3. The van der Waals surface area contributed by atoms with E-state index in [9.17, 15) is 14.0 Å². The van der Waals surface area contributed by atoms with Crippen LogP contribution in [0.15, 0.2) is 78.9 Å². The number of anilines is 1. The number of halogens is 1. The number of esters is 1. The third kappa shape index (κ3) is 4.97. The van der Waals surface area contributed by atoms with Gasteiger partial charge in [-0.1, -0.05) is 60.7 Å². The van der Waals surface area contributed by atoms with Crippen LogP contribution in [0.1, 0.15) is 34.1 Å². The van der Waals surface area contributed by atoms with Gasteiger partial charge in [0.25, 0.3) is 5.91 Å². The lowest BCUT2D eigenvalue weighted by Crippen LogP contribution is -2.34. The standard InChI is InChI=1S/C29H26FN3O3/c1-19(28(34)32-26-14-8-6-12-23(26)30)36-29(35)27-21-11-5-7-13-24(21)31-25-15-16-33(18-22(25)27)17-20-9-3-2-4-10-20/h2-14,19H,15-18H2,1H3,(H,32,34). The lowest BCUT2D eigenvalue weighted by molar-refractivity contribution is -0.123. The van der Waals surface area contributed by atoms with Gasteiger partial charge in [0.15, 0.2) is 6.10 Å². The van der Waals surface area contributed by atoms with Crippen LogP contribution in [-0.4, -0.2) is 34.4 Å². The molecule has 0 radical (unpaired) electrons. The summed E-state index contributed by atoms with van der Waals surface area (Å²) in [4.78, 5) is 33.3. The zero-order chi connectivity index (χ0) is 25.1. The number of nitrogens with one attached hydrogen (secondary N) is 1. The molecule has 182 valence electrons. The van der Waals surface area contributed by atoms with Gasteiger partial charge in [-0.05, 0) is 30.7 Å². The minimum absolute atomic E-state index is 0.0358. The lowest BCUT2D eigenvalue weighted by atomic mass is 9.95. The van der Waals surface area contributed by atoms with E-state index in [1.54, 1.807) is 6.07 Å². The van der Waals surface area contributed by atoms with Crippen LogP contribution in [0.5, 0.6) is 0 Å². The monoisotopic (exact) mass is 483 g/mol. The predicted molar refractivity (Wildman–Crippen MR) is 136 cm³/mol. The van der Waals surface area contributed by atoms with E-state index in [2.05, 4.69) is 22.3 Å². The number of amides is 1. The molecule has 0 aliphatic carbocycles. The number of carbonyl (C=O) groups excluding carboxylic acids is 2. The van der Waals surface area contributed by atoms with E-state index in [0.29, 0.717) is 29.4 Å². The van der Waals surface area contributed by atoms with Gasteiger partial charge < -0.3 is 10.1 Å². The Bertz CT molecular complexity index is 1420. The molecule has 0 fully saturated rings. The first-order chi connectivity index (χ1) is 17.5. The van der Waals surface area contributed by atoms with Crippen LogP contribution in [0, 0.1) is 5.82 Å². The summed E-state index contributed by atoms with van der Waals surface area (Å²) in [6.45, 7) is 3.60. The predicted octanol–water partition coefficient (Wildman–Crippen LogP) is 5.12. The van der Waals surface area contributed by atoms with Crippen molar-refractivity contribution in [3.05, 3.63) is 107 Å². The average Bonchev–Trinajstić information content (AvgIpc) is 2.89. The maximum atomic E-state index is 14.0. The number of pyridine rings is 1. The number of rotatable bonds is 6. The van der Waals surface area contributed by atoms with Gasteiger partial charge in [-0.25, -0.2) is 9.18 Å². The van der Waals surface area contributed by atoms with Crippen molar-refractivity contribution in [1.29, 1.82) is 0 Å². The number of hydrogen-bond donors (Lipinski definition) is 1. The SMILES string of the molecule is CC(OC(=O)c1c2c(nc3ccccc13)CCN(Cc1ccccc1)C2)C(=O)Nc1ccccc1F. The fourth-order valence-corrected chi connectivity index (χ4v) is 4.53. The van der Waals surface area contributed by atoms with E-state index in [1.807, 2.05) is 42.5 Å². The largest absolute Gasteiger partial charge is 0.449 e. The van der Waals surface area contributed by atoms with E-state index < -0.39 is 23.8 Å². The van der Waals surface area contributed by atoms with E-state index in [0.717, 1.165) is 24.3 Å². The summed E-state index contributed by atoms with van der Waals surface area (Å²) in [7, 11) is 0. The molecule has 4 aromatic rings. The first-order valence-electron chi connectivity index (χ1n) is 11.9. The van der Waals surface area contributed by atoms with Crippen LogP contribution >= 0.6 is 0 Å². The smallest absolute Gasteiger partial charge is 0.339 e. The molecule has 1 amide bonds. The van der Waals surface area contributed by atoms with Crippen LogP contribution in [0.2, 0.25) is 0 Å². The summed E-state index contributed by atoms with van der Waals surface area (Å²) in [6, 6.07) is 23.5. The molecule has 5 rings (SSSR count). The molecule has 1 aliphatic rings. The third-order valence-electron chi connectivity index (χ3n) is 6.36. The Morgan fingerprint density at radius 2 is 1.75 bits per heavy atom.